The fraction of sp³-hybridized carbons (Fsp3) is 0.882. The maximum atomic E-state index is 13.0. The molecule has 0 aliphatic rings. The summed E-state index contributed by atoms with van der Waals surface area (Å²) < 4.78 is 38.9. The first-order valence-corrected chi connectivity index (χ1v) is 10.6. The Morgan fingerprint density at radius 1 is 1.11 bits per heavy atom. The van der Waals surface area contributed by atoms with Gasteiger partial charge in [0.1, 0.15) is 0 Å². The van der Waals surface area contributed by atoms with Crippen molar-refractivity contribution in [1.29, 1.82) is 5.26 Å². The molecular formula is C17H32F3N4O3P. The lowest BCUT2D eigenvalue weighted by atomic mass is 9.91. The molecule has 1 unspecified atom stereocenters. The quantitative estimate of drug-likeness (QED) is 0.204. The number of hydrogen-bond acceptors (Lipinski definition) is 6. The summed E-state index contributed by atoms with van der Waals surface area (Å²) in [5.74, 6) is -2.01. The third kappa shape index (κ3) is 9.48. The molecule has 0 saturated heterocycles. The highest BCUT2D eigenvalue weighted by Gasteiger charge is 2.47. The highest BCUT2D eigenvalue weighted by Crippen LogP contribution is 2.31. The molecule has 0 bridgehead atoms. The lowest BCUT2D eigenvalue weighted by Crippen LogP contribution is -2.66. The van der Waals surface area contributed by atoms with Crippen molar-refractivity contribution in [1.82, 2.24) is 15.3 Å². The molecule has 0 aromatic rings. The fourth-order valence-electron chi connectivity index (χ4n) is 3.60. The second kappa shape index (κ2) is 12.6. The number of hydrogen-bond donors (Lipinski definition) is 4. The van der Waals surface area contributed by atoms with Crippen molar-refractivity contribution in [2.24, 2.45) is 0 Å². The summed E-state index contributed by atoms with van der Waals surface area (Å²) in [6.07, 6.45) is -2.94. The van der Waals surface area contributed by atoms with Gasteiger partial charge in [0, 0.05) is 25.0 Å². The Kier molecular flexibility index (Phi) is 12.1. The SMILES string of the molecule is CC(C)N(C(C)C)C(CCC#N)(CCCCCNP(O)O)NC(=O)C(F)(F)F. The molecule has 164 valence electrons. The van der Waals surface area contributed by atoms with Crippen LogP contribution in [0.1, 0.15) is 66.2 Å². The van der Waals surface area contributed by atoms with E-state index >= 15 is 0 Å². The van der Waals surface area contributed by atoms with E-state index in [0.29, 0.717) is 25.8 Å². The predicted molar refractivity (Wildman–Crippen MR) is 102 cm³/mol. The summed E-state index contributed by atoms with van der Waals surface area (Å²) >= 11 is 0. The number of carbonyl (C=O) groups is 1. The minimum absolute atomic E-state index is 0.00888. The lowest BCUT2D eigenvalue weighted by molar-refractivity contribution is -0.180. The largest absolute Gasteiger partial charge is 0.471 e. The van der Waals surface area contributed by atoms with Crippen molar-refractivity contribution in [2.75, 3.05) is 6.54 Å². The number of nitrogens with zero attached hydrogens (tertiary/aromatic N) is 2. The second-order valence-electron chi connectivity index (χ2n) is 7.24. The van der Waals surface area contributed by atoms with Gasteiger partial charge in [0.25, 0.3) is 0 Å². The number of carbonyl (C=O) groups excluding carboxylic acids is 1. The van der Waals surface area contributed by atoms with Crippen LogP contribution in [-0.4, -0.2) is 51.1 Å². The van der Waals surface area contributed by atoms with Gasteiger partial charge in [-0.25, -0.2) is 0 Å². The van der Waals surface area contributed by atoms with E-state index in [0.717, 1.165) is 0 Å². The van der Waals surface area contributed by atoms with Crippen LogP contribution in [0.25, 0.3) is 0 Å². The molecule has 4 N–H and O–H groups in total. The van der Waals surface area contributed by atoms with E-state index in [1.807, 2.05) is 38.7 Å². The van der Waals surface area contributed by atoms with Gasteiger partial charge >= 0.3 is 12.1 Å². The minimum Gasteiger partial charge on any atom is -0.338 e. The highest BCUT2D eigenvalue weighted by atomic mass is 31.2. The zero-order valence-electron chi connectivity index (χ0n) is 16.9. The van der Waals surface area contributed by atoms with E-state index in [2.05, 4.69) is 10.4 Å². The number of nitrogens with one attached hydrogen (secondary N) is 2. The second-order valence-corrected chi connectivity index (χ2v) is 8.14. The summed E-state index contributed by atoms with van der Waals surface area (Å²) in [5.41, 5.74) is -1.29. The smallest absolute Gasteiger partial charge is 0.338 e. The molecule has 0 aliphatic carbocycles. The number of alkyl halides is 3. The van der Waals surface area contributed by atoms with Crippen LogP contribution in [0, 0.1) is 11.3 Å². The van der Waals surface area contributed by atoms with Gasteiger partial charge in [-0.2, -0.15) is 18.4 Å². The number of halogens is 3. The van der Waals surface area contributed by atoms with Crippen LogP contribution < -0.4 is 10.4 Å². The van der Waals surface area contributed by atoms with Gasteiger partial charge in [0.15, 0.2) is 0 Å². The van der Waals surface area contributed by atoms with Crippen LogP contribution in [0.4, 0.5) is 13.2 Å². The third-order valence-corrected chi connectivity index (χ3v) is 4.89. The van der Waals surface area contributed by atoms with Crippen LogP contribution in [-0.2, 0) is 4.79 Å². The molecule has 28 heavy (non-hydrogen) atoms. The predicted octanol–water partition coefficient (Wildman–Crippen LogP) is 3.15. The van der Waals surface area contributed by atoms with Crippen LogP contribution in [0.2, 0.25) is 0 Å². The van der Waals surface area contributed by atoms with Crippen molar-refractivity contribution in [2.45, 2.75) is 90.1 Å². The molecule has 0 rings (SSSR count). The summed E-state index contributed by atoms with van der Waals surface area (Å²) in [6, 6.07) is 1.66. The molecule has 0 aromatic heterocycles. The lowest BCUT2D eigenvalue weighted by Gasteiger charge is -2.49. The molecule has 1 amide bonds. The van der Waals surface area contributed by atoms with E-state index < -0.39 is 26.3 Å². The van der Waals surface area contributed by atoms with Gasteiger partial charge in [-0.1, -0.05) is 6.42 Å². The van der Waals surface area contributed by atoms with Crippen molar-refractivity contribution >= 4 is 14.4 Å². The van der Waals surface area contributed by atoms with E-state index in [4.69, 9.17) is 15.0 Å². The van der Waals surface area contributed by atoms with Gasteiger partial charge < -0.3 is 15.1 Å². The normalized spacial score (nSPS) is 14.6. The molecule has 0 aliphatic heterocycles. The van der Waals surface area contributed by atoms with Crippen molar-refractivity contribution < 1.29 is 27.8 Å². The molecular weight excluding hydrogens is 396 g/mol. The zero-order chi connectivity index (χ0) is 22.0. The summed E-state index contributed by atoms with van der Waals surface area (Å²) in [7, 11) is -2.18. The number of rotatable bonds is 13. The van der Waals surface area contributed by atoms with Gasteiger partial charge in [0.05, 0.1) is 11.7 Å². The Hall–Kier alpha value is -0.980. The molecule has 11 heteroatoms. The summed E-state index contributed by atoms with van der Waals surface area (Å²) in [6.45, 7) is 7.74. The Balaban J connectivity index is 5.52. The van der Waals surface area contributed by atoms with Crippen molar-refractivity contribution in [3.8, 4) is 6.07 Å². The van der Waals surface area contributed by atoms with E-state index in [1.165, 1.54) is 0 Å². The molecule has 1 atom stereocenters. The Labute approximate surface area is 166 Å². The molecule has 0 spiro atoms. The van der Waals surface area contributed by atoms with E-state index in [1.54, 1.807) is 0 Å². The maximum Gasteiger partial charge on any atom is 0.471 e. The number of unbranched alkanes of at least 4 members (excludes halogenated alkanes) is 2. The van der Waals surface area contributed by atoms with Gasteiger partial charge in [-0.05, 0) is 53.4 Å². The Bertz CT molecular complexity index is 505. The van der Waals surface area contributed by atoms with Crippen LogP contribution >= 0.6 is 8.53 Å². The molecule has 0 heterocycles. The average Bonchev–Trinajstić information content (AvgIpc) is 2.54. The summed E-state index contributed by atoms with van der Waals surface area (Å²) in [4.78, 5) is 31.3. The van der Waals surface area contributed by atoms with Crippen LogP contribution in [0.15, 0.2) is 0 Å². The Morgan fingerprint density at radius 3 is 2.11 bits per heavy atom. The monoisotopic (exact) mass is 428 g/mol. The summed E-state index contributed by atoms with van der Waals surface area (Å²) in [5, 5.41) is 13.7. The maximum absolute atomic E-state index is 13.0. The average molecular weight is 428 g/mol. The highest BCUT2D eigenvalue weighted by molar-refractivity contribution is 7.42. The van der Waals surface area contributed by atoms with E-state index in [9.17, 15) is 18.0 Å². The van der Waals surface area contributed by atoms with Gasteiger partial charge in [-0.3, -0.25) is 14.8 Å². The third-order valence-electron chi connectivity index (χ3n) is 4.38. The molecule has 0 radical (unpaired) electrons. The first-order chi connectivity index (χ1) is 12.9. The molecule has 0 saturated carbocycles. The minimum atomic E-state index is -5.01. The first-order valence-electron chi connectivity index (χ1n) is 9.33. The molecule has 7 nitrogen and oxygen atoms in total. The molecule has 0 aromatic carbocycles. The Morgan fingerprint density at radius 2 is 1.68 bits per heavy atom. The van der Waals surface area contributed by atoms with Crippen LogP contribution in [0.3, 0.4) is 0 Å². The fourth-order valence-corrected chi connectivity index (χ4v) is 3.96. The van der Waals surface area contributed by atoms with Gasteiger partial charge in [0.2, 0.25) is 8.53 Å². The number of nitriles is 1. The van der Waals surface area contributed by atoms with Crippen molar-refractivity contribution in [3.63, 3.8) is 0 Å². The van der Waals surface area contributed by atoms with E-state index in [-0.39, 0.29) is 31.3 Å². The number of amides is 1. The van der Waals surface area contributed by atoms with Gasteiger partial charge in [-0.15, -0.1) is 0 Å². The molecule has 0 fully saturated rings. The van der Waals surface area contributed by atoms with Crippen LogP contribution in [0.5, 0.6) is 0 Å². The zero-order valence-corrected chi connectivity index (χ0v) is 17.8. The topological polar surface area (TPSA) is 109 Å². The standard InChI is InChI=1S/C17H32F3N4O3P/c1-13(2)24(14(3)4)16(10-8-11-21,23-15(25)17(18,19)20)9-6-5-7-12-22-28(26)27/h13-14,22,26-27H,5-10,12H2,1-4H3,(H,23,25). The first kappa shape index (κ1) is 27.0. The van der Waals surface area contributed by atoms with Crippen molar-refractivity contribution in [3.05, 3.63) is 0 Å².